The highest BCUT2D eigenvalue weighted by atomic mass is 16.2. The average molecular weight is 256 g/mol. The molecule has 1 heterocycles. The summed E-state index contributed by atoms with van der Waals surface area (Å²) in [6.45, 7) is 2.73. The number of H-pyrrole nitrogens is 1. The van der Waals surface area contributed by atoms with Gasteiger partial charge in [-0.2, -0.15) is 0 Å². The summed E-state index contributed by atoms with van der Waals surface area (Å²) < 4.78 is 0. The molecule has 3 rings (SSSR count). The molecule has 0 unspecified atom stereocenters. The topological polar surface area (TPSA) is 36.1 Å². The zero-order valence-electron chi connectivity index (χ0n) is 11.6. The molecule has 1 aromatic carbocycles. The Labute approximate surface area is 113 Å². The molecule has 1 aromatic heterocycles. The molecule has 1 amide bonds. The molecule has 2 aromatic rings. The summed E-state index contributed by atoms with van der Waals surface area (Å²) in [5.41, 5.74) is 4.76. The van der Waals surface area contributed by atoms with Crippen LogP contribution in [-0.4, -0.2) is 29.4 Å². The Morgan fingerprint density at radius 1 is 1.32 bits per heavy atom. The lowest BCUT2D eigenvalue weighted by molar-refractivity contribution is 0.0802. The van der Waals surface area contributed by atoms with Gasteiger partial charge in [0.1, 0.15) is 0 Å². The second-order valence-electron chi connectivity index (χ2n) is 5.37. The van der Waals surface area contributed by atoms with Crippen LogP contribution in [0.3, 0.4) is 0 Å². The van der Waals surface area contributed by atoms with Crippen molar-refractivity contribution >= 4 is 16.8 Å². The molecule has 19 heavy (non-hydrogen) atoms. The monoisotopic (exact) mass is 256 g/mol. The zero-order valence-corrected chi connectivity index (χ0v) is 11.6. The molecule has 0 radical (unpaired) electrons. The quantitative estimate of drug-likeness (QED) is 0.880. The largest absolute Gasteiger partial charge is 0.358 e. The van der Waals surface area contributed by atoms with Gasteiger partial charge < -0.3 is 9.88 Å². The molecular formula is C16H20N2O. The molecule has 0 bridgehead atoms. The summed E-state index contributed by atoms with van der Waals surface area (Å²) in [4.78, 5) is 17.5. The zero-order chi connectivity index (χ0) is 13.4. The summed E-state index contributed by atoms with van der Waals surface area (Å²) in [6, 6.07) is 6.04. The first kappa shape index (κ1) is 12.3. The number of hydrogen-bond acceptors (Lipinski definition) is 1. The molecule has 3 nitrogen and oxygen atoms in total. The number of rotatable bonds is 2. The van der Waals surface area contributed by atoms with Gasteiger partial charge in [0, 0.05) is 35.8 Å². The lowest BCUT2D eigenvalue weighted by Crippen LogP contribution is -2.26. The maximum absolute atomic E-state index is 12.2. The van der Waals surface area contributed by atoms with Gasteiger partial charge in [-0.3, -0.25) is 4.79 Å². The van der Waals surface area contributed by atoms with E-state index < -0.39 is 0 Å². The Morgan fingerprint density at radius 2 is 2.11 bits per heavy atom. The number of aromatic amines is 1. The fourth-order valence-corrected chi connectivity index (χ4v) is 2.90. The first-order valence-corrected chi connectivity index (χ1v) is 7.09. The number of nitrogens with zero attached hydrogens (tertiary/aromatic N) is 1. The van der Waals surface area contributed by atoms with Crippen LogP contribution < -0.4 is 0 Å². The Kier molecular flexibility index (Phi) is 3.05. The smallest absolute Gasteiger partial charge is 0.253 e. The summed E-state index contributed by atoms with van der Waals surface area (Å²) in [5.74, 6) is 0.107. The molecule has 0 saturated heterocycles. The van der Waals surface area contributed by atoms with Crippen LogP contribution in [0.25, 0.3) is 10.9 Å². The van der Waals surface area contributed by atoms with Gasteiger partial charge in [0.15, 0.2) is 0 Å². The van der Waals surface area contributed by atoms with E-state index in [-0.39, 0.29) is 5.91 Å². The van der Waals surface area contributed by atoms with Crippen molar-refractivity contribution < 1.29 is 4.79 Å². The van der Waals surface area contributed by atoms with Crippen LogP contribution in [-0.2, 0) is 12.8 Å². The maximum atomic E-state index is 12.2. The standard InChI is InChI=1S/C16H20N2O/c1-3-18(2)16(19)11-8-9-15-13(10-11)12-6-4-5-7-14(12)17-15/h8-10,17H,3-7H2,1-2H3. The number of benzene rings is 1. The number of hydrogen-bond donors (Lipinski definition) is 1. The van der Waals surface area contributed by atoms with E-state index in [1.807, 2.05) is 26.1 Å². The minimum Gasteiger partial charge on any atom is -0.358 e. The third kappa shape index (κ3) is 2.03. The van der Waals surface area contributed by atoms with Crippen molar-refractivity contribution in [1.29, 1.82) is 0 Å². The molecule has 3 heteroatoms. The third-order valence-corrected chi connectivity index (χ3v) is 4.17. The van der Waals surface area contributed by atoms with Gasteiger partial charge in [0.2, 0.25) is 0 Å². The fourth-order valence-electron chi connectivity index (χ4n) is 2.90. The van der Waals surface area contributed by atoms with Crippen molar-refractivity contribution in [3.05, 3.63) is 35.0 Å². The van der Waals surface area contributed by atoms with Gasteiger partial charge >= 0.3 is 0 Å². The van der Waals surface area contributed by atoms with E-state index in [0.29, 0.717) is 0 Å². The average Bonchev–Trinajstić information content (AvgIpc) is 2.83. The predicted octanol–water partition coefficient (Wildman–Crippen LogP) is 3.14. The summed E-state index contributed by atoms with van der Waals surface area (Å²) >= 11 is 0. The number of aryl methyl sites for hydroxylation is 2. The number of fused-ring (bicyclic) bond motifs is 3. The van der Waals surface area contributed by atoms with Gasteiger partial charge in [-0.1, -0.05) is 0 Å². The lowest BCUT2D eigenvalue weighted by atomic mass is 9.95. The van der Waals surface area contributed by atoms with Crippen molar-refractivity contribution in [2.24, 2.45) is 0 Å². The molecule has 0 spiro atoms. The summed E-state index contributed by atoms with van der Waals surface area (Å²) in [6.07, 6.45) is 4.80. The van der Waals surface area contributed by atoms with E-state index in [4.69, 9.17) is 0 Å². The Bertz CT molecular complexity index is 627. The van der Waals surface area contributed by atoms with Crippen molar-refractivity contribution in [1.82, 2.24) is 9.88 Å². The molecular weight excluding hydrogens is 236 g/mol. The Morgan fingerprint density at radius 3 is 2.89 bits per heavy atom. The normalized spacial score (nSPS) is 14.4. The number of aromatic nitrogens is 1. The van der Waals surface area contributed by atoms with E-state index >= 15 is 0 Å². The van der Waals surface area contributed by atoms with E-state index in [1.165, 1.54) is 35.0 Å². The maximum Gasteiger partial charge on any atom is 0.253 e. The highest BCUT2D eigenvalue weighted by molar-refractivity contribution is 5.99. The second-order valence-corrected chi connectivity index (χ2v) is 5.37. The van der Waals surface area contributed by atoms with Gasteiger partial charge in [-0.15, -0.1) is 0 Å². The van der Waals surface area contributed by atoms with E-state index in [1.54, 1.807) is 4.90 Å². The first-order valence-electron chi connectivity index (χ1n) is 7.09. The fraction of sp³-hybridized carbons (Fsp3) is 0.438. The molecule has 1 N–H and O–H groups in total. The lowest BCUT2D eigenvalue weighted by Gasteiger charge is -2.14. The Hall–Kier alpha value is -1.77. The van der Waals surface area contributed by atoms with Crippen molar-refractivity contribution in [2.75, 3.05) is 13.6 Å². The van der Waals surface area contributed by atoms with Gasteiger partial charge in [-0.25, -0.2) is 0 Å². The molecule has 0 atom stereocenters. The van der Waals surface area contributed by atoms with Crippen LogP contribution in [0, 0.1) is 0 Å². The number of carbonyl (C=O) groups is 1. The van der Waals surface area contributed by atoms with Crippen LogP contribution >= 0.6 is 0 Å². The number of amides is 1. The molecule has 0 saturated carbocycles. The molecule has 1 aliphatic rings. The predicted molar refractivity (Wildman–Crippen MR) is 77.6 cm³/mol. The molecule has 1 aliphatic carbocycles. The van der Waals surface area contributed by atoms with Crippen LogP contribution in [0.15, 0.2) is 18.2 Å². The van der Waals surface area contributed by atoms with Crippen molar-refractivity contribution in [3.8, 4) is 0 Å². The van der Waals surface area contributed by atoms with E-state index in [0.717, 1.165) is 24.9 Å². The highest BCUT2D eigenvalue weighted by Gasteiger charge is 2.17. The highest BCUT2D eigenvalue weighted by Crippen LogP contribution is 2.29. The van der Waals surface area contributed by atoms with Gasteiger partial charge in [0.05, 0.1) is 0 Å². The van der Waals surface area contributed by atoms with Gasteiger partial charge in [-0.05, 0) is 56.4 Å². The van der Waals surface area contributed by atoms with Crippen molar-refractivity contribution in [2.45, 2.75) is 32.6 Å². The SMILES string of the molecule is CCN(C)C(=O)c1ccc2[nH]c3c(c2c1)CCCC3. The first-order chi connectivity index (χ1) is 9.20. The molecule has 0 fully saturated rings. The summed E-state index contributed by atoms with van der Waals surface area (Å²) in [5, 5.41) is 1.24. The molecule has 0 aliphatic heterocycles. The van der Waals surface area contributed by atoms with Crippen molar-refractivity contribution in [3.63, 3.8) is 0 Å². The summed E-state index contributed by atoms with van der Waals surface area (Å²) in [7, 11) is 1.85. The molecule has 100 valence electrons. The van der Waals surface area contributed by atoms with Crippen LogP contribution in [0.1, 0.15) is 41.4 Å². The number of nitrogens with one attached hydrogen (secondary N) is 1. The van der Waals surface area contributed by atoms with Gasteiger partial charge in [0.25, 0.3) is 5.91 Å². The van der Waals surface area contributed by atoms with Crippen LogP contribution in [0.2, 0.25) is 0 Å². The third-order valence-electron chi connectivity index (χ3n) is 4.17. The number of carbonyl (C=O) groups excluding carboxylic acids is 1. The van der Waals surface area contributed by atoms with Crippen LogP contribution in [0.4, 0.5) is 0 Å². The second kappa shape index (κ2) is 4.72. The van der Waals surface area contributed by atoms with Crippen LogP contribution in [0.5, 0.6) is 0 Å². The minimum absolute atomic E-state index is 0.107. The minimum atomic E-state index is 0.107. The Balaban J connectivity index is 2.07. The van der Waals surface area contributed by atoms with E-state index in [9.17, 15) is 4.79 Å². The van der Waals surface area contributed by atoms with E-state index in [2.05, 4.69) is 11.1 Å².